The Morgan fingerprint density at radius 3 is 2.50 bits per heavy atom. The first-order valence-electron chi connectivity index (χ1n) is 14.9. The molecule has 0 radical (unpaired) electrons. The van der Waals surface area contributed by atoms with Crippen LogP contribution in [-0.4, -0.2) is 79.3 Å². The lowest BCUT2D eigenvalue weighted by Gasteiger charge is -2.37. The van der Waals surface area contributed by atoms with Gasteiger partial charge >= 0.3 is 6.03 Å². The van der Waals surface area contributed by atoms with Gasteiger partial charge in [0.15, 0.2) is 0 Å². The van der Waals surface area contributed by atoms with E-state index < -0.39 is 6.04 Å². The number of carbonyl (C=O) groups excluding carboxylic acids is 2. The van der Waals surface area contributed by atoms with Gasteiger partial charge in [0.05, 0.1) is 5.69 Å². The summed E-state index contributed by atoms with van der Waals surface area (Å²) in [5.41, 5.74) is 5.60. The van der Waals surface area contributed by atoms with Crippen LogP contribution in [-0.2, 0) is 11.3 Å². The third-order valence-corrected chi connectivity index (χ3v) is 9.06. The lowest BCUT2D eigenvalue weighted by molar-refractivity contribution is -0.118. The summed E-state index contributed by atoms with van der Waals surface area (Å²) in [6.45, 7) is 6.82. The molecule has 1 saturated heterocycles. The van der Waals surface area contributed by atoms with Crippen LogP contribution in [0.15, 0.2) is 71.8 Å². The van der Waals surface area contributed by atoms with E-state index >= 15 is 0 Å². The van der Waals surface area contributed by atoms with Gasteiger partial charge in [-0.05, 0) is 80.4 Å². The molecule has 2 atom stereocenters. The van der Waals surface area contributed by atoms with E-state index in [0.717, 1.165) is 50.4 Å². The van der Waals surface area contributed by atoms with Gasteiger partial charge in [-0.15, -0.1) is 11.8 Å². The summed E-state index contributed by atoms with van der Waals surface area (Å²) in [4.78, 5) is 38.1. The summed E-state index contributed by atoms with van der Waals surface area (Å²) in [5, 5.41) is 7.27. The summed E-state index contributed by atoms with van der Waals surface area (Å²) in [5.74, 6) is -0.845. The Labute approximate surface area is 263 Å². The highest BCUT2D eigenvalue weighted by molar-refractivity contribution is 7.98. The predicted octanol–water partition coefficient (Wildman–Crippen LogP) is 6.04. The second-order valence-electron chi connectivity index (χ2n) is 11.7. The Morgan fingerprint density at radius 1 is 1.05 bits per heavy atom. The van der Waals surface area contributed by atoms with E-state index in [2.05, 4.69) is 31.5 Å². The summed E-state index contributed by atoms with van der Waals surface area (Å²) in [7, 11) is 4.02. The standard InChI is InChI=1S/C34H41FN6O2S/c1-22-18-25(35)11-12-30(22)40-14-16-41(17-15-40)34(43)38-32(23(2)27-20-36-28-9-7-6-8-26(27)28)33(42)37-29-19-24(21-39(3)4)10-13-31(29)44-5/h6-13,18-20,23,32,36H,14-17,21H2,1-5H3,(H,37,42)(H,38,43)/t23-,32+/m0/s1. The summed E-state index contributed by atoms with van der Waals surface area (Å²) >= 11 is 1.57. The number of nitrogens with one attached hydrogen (secondary N) is 3. The quantitative estimate of drug-likeness (QED) is 0.200. The van der Waals surface area contributed by atoms with Gasteiger partial charge in [0.25, 0.3) is 0 Å². The van der Waals surface area contributed by atoms with E-state index in [1.165, 1.54) is 12.1 Å². The Kier molecular flexibility index (Phi) is 9.80. The number of aryl methyl sites for hydroxylation is 1. The molecule has 0 spiro atoms. The van der Waals surface area contributed by atoms with Crippen LogP contribution in [0.5, 0.6) is 0 Å². The lowest BCUT2D eigenvalue weighted by atomic mass is 9.92. The van der Waals surface area contributed by atoms with Crippen molar-refractivity contribution < 1.29 is 14.0 Å². The number of benzene rings is 3. The number of hydrogen-bond acceptors (Lipinski definition) is 5. The average Bonchev–Trinajstić information content (AvgIpc) is 3.44. The van der Waals surface area contributed by atoms with Crippen molar-refractivity contribution in [1.82, 2.24) is 20.1 Å². The number of nitrogens with zero attached hydrogens (tertiary/aromatic N) is 3. The molecular weight excluding hydrogens is 575 g/mol. The Bertz CT molecular complexity index is 1630. The van der Waals surface area contributed by atoms with Gasteiger partial charge in [0.1, 0.15) is 11.9 Å². The number of aromatic amines is 1. The van der Waals surface area contributed by atoms with Crippen LogP contribution in [0.4, 0.5) is 20.6 Å². The summed E-state index contributed by atoms with van der Waals surface area (Å²) < 4.78 is 13.7. The predicted molar refractivity (Wildman–Crippen MR) is 178 cm³/mol. The van der Waals surface area contributed by atoms with Gasteiger partial charge in [-0.1, -0.05) is 31.2 Å². The maximum atomic E-state index is 14.1. The van der Waals surface area contributed by atoms with E-state index in [0.29, 0.717) is 26.2 Å². The molecule has 8 nitrogen and oxygen atoms in total. The fourth-order valence-corrected chi connectivity index (χ4v) is 6.48. The fourth-order valence-electron chi connectivity index (χ4n) is 5.94. The number of H-pyrrole nitrogens is 1. The molecule has 1 aliphatic heterocycles. The number of anilines is 2. The van der Waals surface area contributed by atoms with Crippen molar-refractivity contribution in [3.8, 4) is 0 Å². The van der Waals surface area contributed by atoms with E-state index in [-0.39, 0.29) is 23.7 Å². The summed E-state index contributed by atoms with van der Waals surface area (Å²) in [6.07, 6.45) is 3.91. The normalized spacial score (nSPS) is 15.0. The highest BCUT2D eigenvalue weighted by atomic mass is 32.2. The molecule has 0 saturated carbocycles. The SMILES string of the molecule is CSc1ccc(CN(C)C)cc1NC(=O)[C@H](NC(=O)N1CCN(c2ccc(F)cc2C)CC1)[C@@H](C)c1c[nH]c2ccccc12. The second kappa shape index (κ2) is 13.7. The third-order valence-electron chi connectivity index (χ3n) is 8.26. The first kappa shape index (κ1) is 31.4. The number of piperazine rings is 1. The molecule has 0 bridgehead atoms. The number of halogens is 1. The molecule has 4 aromatic rings. The number of carbonyl (C=O) groups is 2. The minimum absolute atomic E-state index is 0.257. The van der Waals surface area contributed by atoms with Crippen LogP contribution in [0.3, 0.4) is 0 Å². The molecule has 1 aromatic heterocycles. The number of para-hydroxylation sites is 1. The zero-order chi connectivity index (χ0) is 31.4. The van der Waals surface area contributed by atoms with Gasteiger partial charge < -0.3 is 30.3 Å². The number of thioether (sulfide) groups is 1. The van der Waals surface area contributed by atoms with Crippen LogP contribution in [0.25, 0.3) is 10.9 Å². The molecule has 10 heteroatoms. The second-order valence-corrected chi connectivity index (χ2v) is 12.5. The molecular formula is C34H41FN6O2S. The molecule has 3 N–H and O–H groups in total. The molecule has 44 heavy (non-hydrogen) atoms. The monoisotopic (exact) mass is 616 g/mol. The maximum absolute atomic E-state index is 14.1. The Hall–Kier alpha value is -4.02. The van der Waals surface area contributed by atoms with Gasteiger partial charge in [0, 0.05) is 66.3 Å². The molecule has 5 rings (SSSR count). The first-order chi connectivity index (χ1) is 21.1. The zero-order valence-corrected chi connectivity index (χ0v) is 26.8. The van der Waals surface area contributed by atoms with Crippen LogP contribution >= 0.6 is 11.8 Å². The van der Waals surface area contributed by atoms with Crippen molar-refractivity contribution in [2.75, 3.05) is 56.7 Å². The minimum Gasteiger partial charge on any atom is -0.368 e. The highest BCUT2D eigenvalue weighted by Gasteiger charge is 2.32. The molecule has 2 heterocycles. The van der Waals surface area contributed by atoms with Gasteiger partial charge in [-0.2, -0.15) is 0 Å². The van der Waals surface area contributed by atoms with E-state index in [4.69, 9.17) is 0 Å². The number of urea groups is 1. The molecule has 0 aliphatic carbocycles. The maximum Gasteiger partial charge on any atom is 0.318 e. The fraction of sp³-hybridized carbons (Fsp3) is 0.353. The average molecular weight is 617 g/mol. The number of hydrogen-bond donors (Lipinski definition) is 3. The number of aromatic nitrogens is 1. The Balaban J connectivity index is 1.37. The zero-order valence-electron chi connectivity index (χ0n) is 26.0. The molecule has 1 aliphatic rings. The van der Waals surface area contributed by atoms with E-state index in [9.17, 15) is 14.0 Å². The van der Waals surface area contributed by atoms with Crippen LogP contribution in [0.2, 0.25) is 0 Å². The largest absolute Gasteiger partial charge is 0.368 e. The third kappa shape index (κ3) is 7.03. The molecule has 0 unspecified atom stereocenters. The number of fused-ring (bicyclic) bond motifs is 1. The molecule has 232 valence electrons. The topological polar surface area (TPSA) is 83.7 Å². The number of amides is 3. The van der Waals surface area contributed by atoms with Gasteiger partial charge in [-0.3, -0.25) is 4.79 Å². The molecule has 3 aromatic carbocycles. The molecule has 3 amide bonds. The number of rotatable bonds is 9. The minimum atomic E-state index is -0.828. The summed E-state index contributed by atoms with van der Waals surface area (Å²) in [6, 6.07) is 17.8. The Morgan fingerprint density at radius 2 is 1.80 bits per heavy atom. The highest BCUT2D eigenvalue weighted by Crippen LogP contribution is 2.31. The van der Waals surface area contributed by atoms with Crippen molar-refractivity contribution >= 4 is 46.0 Å². The van der Waals surface area contributed by atoms with Gasteiger partial charge in [-0.25, -0.2) is 9.18 Å². The van der Waals surface area contributed by atoms with Crippen molar-refractivity contribution in [3.05, 3.63) is 89.4 Å². The molecule has 1 fully saturated rings. The van der Waals surface area contributed by atoms with E-state index in [1.807, 2.05) is 76.8 Å². The lowest BCUT2D eigenvalue weighted by Crippen LogP contribution is -2.56. The van der Waals surface area contributed by atoms with Crippen LogP contribution < -0.4 is 15.5 Å². The smallest absolute Gasteiger partial charge is 0.318 e. The van der Waals surface area contributed by atoms with E-state index in [1.54, 1.807) is 22.7 Å². The van der Waals surface area contributed by atoms with Crippen molar-refractivity contribution in [2.24, 2.45) is 0 Å². The first-order valence-corrected chi connectivity index (χ1v) is 16.1. The van der Waals surface area contributed by atoms with Crippen molar-refractivity contribution in [2.45, 2.75) is 37.2 Å². The van der Waals surface area contributed by atoms with Crippen LogP contribution in [0.1, 0.15) is 29.5 Å². The van der Waals surface area contributed by atoms with Crippen molar-refractivity contribution in [1.29, 1.82) is 0 Å². The van der Waals surface area contributed by atoms with Crippen molar-refractivity contribution in [3.63, 3.8) is 0 Å². The van der Waals surface area contributed by atoms with Gasteiger partial charge in [0.2, 0.25) is 5.91 Å². The van der Waals surface area contributed by atoms with Crippen LogP contribution in [0, 0.1) is 12.7 Å².